The summed E-state index contributed by atoms with van der Waals surface area (Å²) >= 11 is 0. The highest BCUT2D eigenvalue weighted by Crippen LogP contribution is 2.34. The Hall–Kier alpha value is -3.42. The minimum Gasteiger partial charge on any atom is -0.453 e. The Kier molecular flexibility index (Phi) is 5.76. The molecule has 2 heterocycles. The van der Waals surface area contributed by atoms with E-state index in [9.17, 15) is 14.4 Å². The van der Waals surface area contributed by atoms with Crippen molar-refractivity contribution in [3.8, 4) is 0 Å². The van der Waals surface area contributed by atoms with E-state index in [1.807, 2.05) is 12.1 Å². The van der Waals surface area contributed by atoms with Crippen LogP contribution >= 0.6 is 0 Å². The molecular formula is C23H28N4O4. The molecule has 3 rings (SSSR count). The molecule has 1 aromatic carbocycles. The van der Waals surface area contributed by atoms with Gasteiger partial charge in [0, 0.05) is 12.7 Å². The van der Waals surface area contributed by atoms with Gasteiger partial charge in [-0.1, -0.05) is 32.9 Å². The molecular weight excluding hydrogens is 396 g/mol. The summed E-state index contributed by atoms with van der Waals surface area (Å²) in [6.45, 7) is 9.97. The van der Waals surface area contributed by atoms with Crippen LogP contribution in [-0.4, -0.2) is 40.6 Å². The van der Waals surface area contributed by atoms with Gasteiger partial charge in [0.1, 0.15) is 11.4 Å². The van der Waals surface area contributed by atoms with Gasteiger partial charge < -0.3 is 9.64 Å². The molecule has 0 atom stereocenters. The number of aromatic nitrogens is 1. The van der Waals surface area contributed by atoms with Crippen molar-refractivity contribution in [2.45, 2.75) is 52.1 Å². The summed E-state index contributed by atoms with van der Waals surface area (Å²) in [6, 6.07) is 10.5. The highest BCUT2D eigenvalue weighted by Gasteiger charge is 2.51. The van der Waals surface area contributed by atoms with Crippen LogP contribution in [0.25, 0.3) is 0 Å². The number of pyridine rings is 1. The Morgan fingerprint density at radius 3 is 2.35 bits per heavy atom. The van der Waals surface area contributed by atoms with Gasteiger partial charge in [-0.25, -0.2) is 19.5 Å². The maximum absolute atomic E-state index is 13.3. The fourth-order valence-corrected chi connectivity index (χ4v) is 3.42. The van der Waals surface area contributed by atoms with E-state index in [1.165, 1.54) is 23.1 Å². The Morgan fingerprint density at radius 2 is 1.77 bits per heavy atom. The first-order valence-corrected chi connectivity index (χ1v) is 10.0. The number of nitrogens with zero attached hydrogens (tertiary/aromatic N) is 3. The van der Waals surface area contributed by atoms with E-state index in [-0.39, 0.29) is 17.9 Å². The van der Waals surface area contributed by atoms with Gasteiger partial charge in [0.15, 0.2) is 0 Å². The third-order valence-corrected chi connectivity index (χ3v) is 5.40. The predicted molar refractivity (Wildman–Crippen MR) is 118 cm³/mol. The second-order valence-electron chi connectivity index (χ2n) is 9.03. The maximum atomic E-state index is 13.3. The molecule has 8 heteroatoms. The number of imide groups is 1. The number of carbonyl (C=O) groups excluding carboxylic acids is 3. The quantitative estimate of drug-likeness (QED) is 0.739. The van der Waals surface area contributed by atoms with Crippen molar-refractivity contribution in [2.75, 3.05) is 17.3 Å². The summed E-state index contributed by atoms with van der Waals surface area (Å²) in [6.07, 6.45) is 0.890. The maximum Gasteiger partial charge on any atom is 0.412 e. The van der Waals surface area contributed by atoms with Crippen LogP contribution in [0.15, 0.2) is 42.6 Å². The minimum atomic E-state index is -1.03. The Labute approximate surface area is 182 Å². The molecule has 164 valence electrons. The molecule has 31 heavy (non-hydrogen) atoms. The van der Waals surface area contributed by atoms with Gasteiger partial charge in [-0.15, -0.1) is 0 Å². The van der Waals surface area contributed by atoms with Gasteiger partial charge in [0.05, 0.1) is 12.8 Å². The molecule has 1 fully saturated rings. The lowest BCUT2D eigenvalue weighted by atomic mass is 9.87. The van der Waals surface area contributed by atoms with Gasteiger partial charge >= 0.3 is 12.1 Å². The number of amides is 4. The normalized spacial score (nSPS) is 15.9. The second kappa shape index (κ2) is 8.02. The predicted octanol–water partition coefficient (Wildman–Crippen LogP) is 4.30. The third kappa shape index (κ3) is 4.38. The summed E-state index contributed by atoms with van der Waals surface area (Å²) < 4.78 is 4.58. The molecule has 0 bridgehead atoms. The largest absolute Gasteiger partial charge is 0.453 e. The summed E-state index contributed by atoms with van der Waals surface area (Å²) in [7, 11) is 1.26. The molecule has 8 nitrogen and oxygen atoms in total. The summed E-state index contributed by atoms with van der Waals surface area (Å²) in [5.74, 6) is 0.0118. The lowest BCUT2D eigenvalue weighted by Gasteiger charge is -2.27. The number of urea groups is 1. The van der Waals surface area contributed by atoms with Crippen LogP contribution in [0.5, 0.6) is 0 Å². The van der Waals surface area contributed by atoms with Crippen molar-refractivity contribution in [3.05, 3.63) is 53.7 Å². The first-order chi connectivity index (χ1) is 14.4. The van der Waals surface area contributed by atoms with Crippen LogP contribution in [0.4, 0.5) is 21.1 Å². The fraction of sp³-hybridized carbons (Fsp3) is 0.391. The lowest BCUT2D eigenvalue weighted by molar-refractivity contribution is -0.123. The zero-order valence-corrected chi connectivity index (χ0v) is 18.7. The smallest absolute Gasteiger partial charge is 0.412 e. The van der Waals surface area contributed by atoms with Gasteiger partial charge in [0.2, 0.25) is 0 Å². The van der Waals surface area contributed by atoms with Crippen molar-refractivity contribution in [3.63, 3.8) is 0 Å². The van der Waals surface area contributed by atoms with Crippen molar-refractivity contribution in [1.82, 2.24) is 9.88 Å². The van der Waals surface area contributed by atoms with Crippen LogP contribution in [0.3, 0.4) is 0 Å². The number of rotatable bonds is 4. The average Bonchev–Trinajstić information content (AvgIpc) is 2.87. The number of nitrogens with one attached hydrogen (secondary N) is 1. The molecule has 1 aromatic heterocycles. The van der Waals surface area contributed by atoms with E-state index in [2.05, 4.69) is 35.8 Å². The van der Waals surface area contributed by atoms with Crippen molar-refractivity contribution in [2.24, 2.45) is 0 Å². The number of ether oxygens (including phenoxy) is 1. The van der Waals surface area contributed by atoms with E-state index >= 15 is 0 Å². The van der Waals surface area contributed by atoms with Crippen LogP contribution < -0.4 is 10.2 Å². The third-order valence-electron chi connectivity index (χ3n) is 5.40. The highest BCUT2D eigenvalue weighted by molar-refractivity contribution is 6.22. The van der Waals surface area contributed by atoms with Crippen LogP contribution in [0, 0.1) is 0 Å². The topological polar surface area (TPSA) is 91.8 Å². The number of anilines is 2. The van der Waals surface area contributed by atoms with Crippen LogP contribution in [0.2, 0.25) is 0 Å². The van der Waals surface area contributed by atoms with Crippen molar-refractivity contribution in [1.29, 1.82) is 0 Å². The van der Waals surface area contributed by atoms with Gasteiger partial charge in [-0.2, -0.15) is 0 Å². The minimum absolute atomic E-state index is 0.0276. The number of carbonyl (C=O) groups is 3. The van der Waals surface area contributed by atoms with Crippen LogP contribution in [0.1, 0.15) is 45.7 Å². The van der Waals surface area contributed by atoms with Gasteiger partial charge in [-0.3, -0.25) is 10.1 Å². The number of methoxy groups -OCH3 is 1. The zero-order valence-electron chi connectivity index (χ0n) is 18.7. The van der Waals surface area contributed by atoms with Crippen molar-refractivity contribution >= 4 is 29.5 Å². The SMILES string of the molecule is COC(=O)Nc1cc(CN2C(=O)N(c3ccc(C(C)(C)C)cc3)C(=O)C2(C)C)ccn1. The standard InChI is InChI=1S/C23H28N4O4/c1-22(2,3)16-7-9-17(10-8-16)27-19(28)23(4,5)26(21(27)30)14-15-11-12-24-18(13-15)25-20(29)31-6/h7-13H,14H2,1-6H3,(H,24,25,29). The molecule has 0 saturated carbocycles. The van der Waals surface area contributed by atoms with E-state index in [1.54, 1.807) is 38.1 Å². The molecule has 1 saturated heterocycles. The first-order valence-electron chi connectivity index (χ1n) is 10.0. The molecule has 0 spiro atoms. The average molecular weight is 425 g/mol. The molecule has 2 aromatic rings. The van der Waals surface area contributed by atoms with Crippen LogP contribution in [-0.2, 0) is 21.5 Å². The van der Waals surface area contributed by atoms with E-state index in [0.717, 1.165) is 11.1 Å². The Morgan fingerprint density at radius 1 is 1.13 bits per heavy atom. The molecule has 1 aliphatic heterocycles. The fourth-order valence-electron chi connectivity index (χ4n) is 3.42. The molecule has 0 radical (unpaired) electrons. The van der Waals surface area contributed by atoms with E-state index < -0.39 is 17.7 Å². The summed E-state index contributed by atoms with van der Waals surface area (Å²) in [5.41, 5.74) is 1.33. The van der Waals surface area contributed by atoms with E-state index in [4.69, 9.17) is 0 Å². The van der Waals surface area contributed by atoms with Gasteiger partial charge in [-0.05, 0) is 54.7 Å². The monoisotopic (exact) mass is 424 g/mol. The molecule has 0 unspecified atom stereocenters. The summed E-state index contributed by atoms with van der Waals surface area (Å²) in [5, 5.41) is 2.50. The number of hydrogen-bond acceptors (Lipinski definition) is 5. The zero-order chi connectivity index (χ0) is 23.0. The molecule has 0 aliphatic carbocycles. The van der Waals surface area contributed by atoms with E-state index in [0.29, 0.717) is 11.5 Å². The lowest BCUT2D eigenvalue weighted by Crippen LogP contribution is -2.43. The molecule has 4 amide bonds. The number of benzene rings is 1. The first kappa shape index (κ1) is 22.3. The number of hydrogen-bond donors (Lipinski definition) is 1. The molecule has 1 aliphatic rings. The Bertz CT molecular complexity index is 1010. The molecule has 1 N–H and O–H groups in total. The summed E-state index contributed by atoms with van der Waals surface area (Å²) in [4.78, 5) is 44.6. The second-order valence-corrected chi connectivity index (χ2v) is 9.03. The van der Waals surface area contributed by atoms with Gasteiger partial charge in [0.25, 0.3) is 5.91 Å². The van der Waals surface area contributed by atoms with Crippen molar-refractivity contribution < 1.29 is 19.1 Å². The highest BCUT2D eigenvalue weighted by atomic mass is 16.5. The Balaban J connectivity index is 1.86.